The van der Waals surface area contributed by atoms with Gasteiger partial charge in [-0.05, 0) is 6.92 Å². The molecular weight excluding hydrogens is 564 g/mol. The van der Waals surface area contributed by atoms with Crippen LogP contribution in [-0.4, -0.2) is 91.4 Å². The number of aliphatic hydroxyl groups is 4. The summed E-state index contributed by atoms with van der Waals surface area (Å²) in [5, 5.41) is 42.8. The molecule has 0 radical (unpaired) electrons. The average Bonchev–Trinajstić information content (AvgIpc) is 3.06. The Morgan fingerprint density at radius 3 is 2.37 bits per heavy atom. The summed E-state index contributed by atoms with van der Waals surface area (Å²) in [6.07, 6.45) is -12.9. The van der Waals surface area contributed by atoms with Gasteiger partial charge in [-0.15, -0.1) is 0 Å². The lowest BCUT2D eigenvalue weighted by Crippen LogP contribution is -2.62. The number of nitrogens with one attached hydrogen (secondary N) is 2. The normalized spacial score (nSPS) is 36.8. The first kappa shape index (κ1) is 30.7. The van der Waals surface area contributed by atoms with Gasteiger partial charge in [0, 0.05) is 19.2 Å². The molecule has 3 heterocycles. The molecule has 2 aliphatic rings. The Morgan fingerprint density at radius 2 is 1.76 bits per heavy atom. The molecule has 0 aromatic carbocycles. The van der Waals surface area contributed by atoms with Gasteiger partial charge in [0.15, 0.2) is 12.5 Å². The molecular formula is C17H25N3O16P2-2. The van der Waals surface area contributed by atoms with E-state index in [0.29, 0.717) is 4.57 Å². The lowest BCUT2D eigenvalue weighted by atomic mass is 9.97. The van der Waals surface area contributed by atoms with E-state index in [9.17, 15) is 53.7 Å². The summed E-state index contributed by atoms with van der Waals surface area (Å²) in [5.74, 6) is -0.584. The van der Waals surface area contributed by atoms with Crippen molar-refractivity contribution < 1.29 is 67.0 Å². The molecule has 6 N–H and O–H groups in total. The average molecular weight is 589 g/mol. The number of aromatic amines is 1. The van der Waals surface area contributed by atoms with Gasteiger partial charge < -0.3 is 49.5 Å². The van der Waals surface area contributed by atoms with E-state index in [4.69, 9.17) is 9.47 Å². The van der Waals surface area contributed by atoms with E-state index in [0.717, 1.165) is 19.2 Å². The molecule has 0 spiro atoms. The number of ether oxygens (including phenoxy) is 2. The zero-order valence-corrected chi connectivity index (χ0v) is 21.4. The molecule has 2 unspecified atom stereocenters. The van der Waals surface area contributed by atoms with Crippen molar-refractivity contribution in [1.29, 1.82) is 0 Å². The fourth-order valence-electron chi connectivity index (χ4n) is 3.73. The summed E-state index contributed by atoms with van der Waals surface area (Å²) in [7, 11) is -11.6. The van der Waals surface area contributed by atoms with Crippen molar-refractivity contribution in [1.82, 2.24) is 14.9 Å². The van der Waals surface area contributed by atoms with Gasteiger partial charge in [-0.3, -0.25) is 32.8 Å². The second kappa shape index (κ2) is 11.7. The third-order valence-corrected chi connectivity index (χ3v) is 8.04. The van der Waals surface area contributed by atoms with Crippen LogP contribution in [0.3, 0.4) is 0 Å². The van der Waals surface area contributed by atoms with E-state index >= 15 is 0 Å². The number of phosphoric ester groups is 2. The molecule has 2 fully saturated rings. The monoisotopic (exact) mass is 589 g/mol. The number of aliphatic hydroxyl groups excluding tert-OH is 4. The number of hydrogen-bond acceptors (Lipinski definition) is 16. The number of rotatable bonds is 9. The van der Waals surface area contributed by atoms with E-state index in [1.54, 1.807) is 0 Å². The summed E-state index contributed by atoms with van der Waals surface area (Å²) in [6.45, 7) is 1.34. The Labute approximate surface area is 212 Å². The fourth-order valence-corrected chi connectivity index (χ4v) is 5.81. The van der Waals surface area contributed by atoms with E-state index < -0.39 is 94.6 Å². The number of nitrogens with zero attached hydrogens (tertiary/aromatic N) is 1. The molecule has 1 amide bonds. The van der Waals surface area contributed by atoms with Crippen LogP contribution >= 0.6 is 15.6 Å². The number of carbonyl (C=O) groups excluding carboxylic acids is 1. The van der Waals surface area contributed by atoms with Crippen LogP contribution in [0.4, 0.5) is 0 Å². The molecule has 1 aromatic rings. The van der Waals surface area contributed by atoms with Crippen molar-refractivity contribution in [2.24, 2.45) is 0 Å². The molecule has 0 aliphatic carbocycles. The second-order valence-electron chi connectivity index (χ2n) is 8.36. The van der Waals surface area contributed by atoms with Gasteiger partial charge >= 0.3 is 5.69 Å². The number of amides is 1. The molecule has 21 heteroatoms. The summed E-state index contributed by atoms with van der Waals surface area (Å²) >= 11 is 0. The maximum atomic E-state index is 12.1. The van der Waals surface area contributed by atoms with Crippen molar-refractivity contribution in [2.45, 2.75) is 69.0 Å². The molecule has 3 rings (SSSR count). The van der Waals surface area contributed by atoms with Gasteiger partial charge in [-0.25, -0.2) is 9.11 Å². The molecule has 1 aromatic heterocycles. The maximum Gasteiger partial charge on any atom is 0.330 e. The van der Waals surface area contributed by atoms with Crippen LogP contribution in [-0.2, 0) is 36.8 Å². The predicted octanol–water partition coefficient (Wildman–Crippen LogP) is -4.89. The first-order valence-corrected chi connectivity index (χ1v) is 13.7. The zero-order valence-electron chi connectivity index (χ0n) is 19.6. The standard InChI is InChI=1S/C17H27N3O16P2/c1-6-10(18-7(2)21)12(24)14(26)16(33-6)35-38(30,31)36-37(28,29)32-5-8-11(23)13(25)15(34-8)20-4-3-9(22)19-17(20)27/h3-4,6,8,10-16,23-26H,5H2,1-2H3,(H,18,21)(H,28,29)(H,30,31)(H,19,22,27)/p-2/t6-,8+,10+,11+,12+,13+,14-,15+,16-/m0/s1. The highest BCUT2D eigenvalue weighted by Gasteiger charge is 2.46. The minimum atomic E-state index is -5.85. The third kappa shape index (κ3) is 7.22. The smallest absolute Gasteiger partial charge is 0.330 e. The molecule has 19 nitrogen and oxygen atoms in total. The van der Waals surface area contributed by atoms with E-state index in [1.807, 2.05) is 4.98 Å². The van der Waals surface area contributed by atoms with Crippen LogP contribution in [0.2, 0.25) is 0 Å². The first-order chi connectivity index (χ1) is 17.5. The second-order valence-corrected chi connectivity index (χ2v) is 11.3. The van der Waals surface area contributed by atoms with E-state index in [2.05, 4.69) is 18.7 Å². The lowest BCUT2D eigenvalue weighted by Gasteiger charge is -2.43. The number of phosphoric acid groups is 2. The van der Waals surface area contributed by atoms with Crippen molar-refractivity contribution in [3.63, 3.8) is 0 Å². The van der Waals surface area contributed by atoms with Crippen molar-refractivity contribution in [3.8, 4) is 0 Å². The highest BCUT2D eigenvalue weighted by atomic mass is 31.3. The largest absolute Gasteiger partial charge is 0.756 e. The molecule has 2 aliphatic heterocycles. The first-order valence-electron chi connectivity index (χ1n) is 10.8. The SMILES string of the molecule is CC(=O)N[C@H]1[C@@H](O)[C@H](O)[C@H](OP(=O)([O-])OP(=O)([O-])OC[C@H]2O[C@@H](n3ccc(=O)[nH]c3=O)[C@H](O)[C@@H]2O)O[C@H]1C. The number of H-pyrrole nitrogens is 1. The molecule has 216 valence electrons. The quantitative estimate of drug-likeness (QED) is 0.147. The van der Waals surface area contributed by atoms with Crippen LogP contribution in [0, 0.1) is 0 Å². The van der Waals surface area contributed by atoms with Gasteiger partial charge in [0.1, 0.15) is 30.5 Å². The van der Waals surface area contributed by atoms with Gasteiger partial charge in [0.05, 0.1) is 18.8 Å². The van der Waals surface area contributed by atoms with Crippen molar-refractivity contribution in [3.05, 3.63) is 33.1 Å². The Kier molecular flexibility index (Phi) is 9.48. The Hall–Kier alpha value is -1.83. The summed E-state index contributed by atoms with van der Waals surface area (Å²) < 4.78 is 48.0. The van der Waals surface area contributed by atoms with Gasteiger partial charge in [-0.1, -0.05) is 0 Å². The topological polar surface area (TPSA) is 291 Å². The highest BCUT2D eigenvalue weighted by molar-refractivity contribution is 7.59. The maximum absolute atomic E-state index is 12.1. The molecule has 0 bridgehead atoms. The van der Waals surface area contributed by atoms with E-state index in [-0.39, 0.29) is 0 Å². The number of aromatic nitrogens is 2. The number of hydrogen-bond donors (Lipinski definition) is 6. The minimum Gasteiger partial charge on any atom is -0.756 e. The van der Waals surface area contributed by atoms with Crippen molar-refractivity contribution >= 4 is 21.6 Å². The predicted molar refractivity (Wildman–Crippen MR) is 115 cm³/mol. The molecule has 11 atom stereocenters. The lowest BCUT2D eigenvalue weighted by molar-refractivity contribution is -0.286. The Morgan fingerprint density at radius 1 is 1.11 bits per heavy atom. The summed E-state index contributed by atoms with van der Waals surface area (Å²) in [4.78, 5) is 60.5. The highest BCUT2D eigenvalue weighted by Crippen LogP contribution is 2.57. The third-order valence-electron chi connectivity index (χ3n) is 5.51. The summed E-state index contributed by atoms with van der Waals surface area (Å²) in [5.41, 5.74) is -1.76. The Balaban J connectivity index is 1.60. The van der Waals surface area contributed by atoms with E-state index in [1.165, 1.54) is 6.92 Å². The van der Waals surface area contributed by atoms with Gasteiger partial charge in [0.25, 0.3) is 21.2 Å². The minimum absolute atomic E-state index is 0.584. The van der Waals surface area contributed by atoms with Crippen molar-refractivity contribution in [2.75, 3.05) is 6.61 Å². The van der Waals surface area contributed by atoms with Crippen LogP contribution in [0.5, 0.6) is 0 Å². The zero-order chi connectivity index (χ0) is 28.6. The van der Waals surface area contributed by atoms with Crippen LogP contribution in [0.1, 0.15) is 20.1 Å². The summed E-state index contributed by atoms with van der Waals surface area (Å²) in [6, 6.07) is -0.224. The van der Waals surface area contributed by atoms with Crippen LogP contribution in [0.15, 0.2) is 21.9 Å². The number of carbonyl (C=O) groups is 1. The van der Waals surface area contributed by atoms with Gasteiger partial charge in [0.2, 0.25) is 5.91 Å². The van der Waals surface area contributed by atoms with Crippen LogP contribution in [0.25, 0.3) is 0 Å². The fraction of sp³-hybridized carbons (Fsp3) is 0.706. The molecule has 2 saturated heterocycles. The Bertz CT molecular complexity index is 1220. The van der Waals surface area contributed by atoms with Crippen LogP contribution < -0.4 is 26.4 Å². The molecule has 38 heavy (non-hydrogen) atoms. The molecule has 0 saturated carbocycles. The van der Waals surface area contributed by atoms with Gasteiger partial charge in [-0.2, -0.15) is 0 Å².